The Hall–Kier alpha value is -2.04. The first kappa shape index (κ1) is 12.4. The van der Waals surface area contributed by atoms with Crippen LogP contribution in [0.2, 0.25) is 0 Å². The number of nitrogens with two attached hydrogens (primary N) is 2. The summed E-state index contributed by atoms with van der Waals surface area (Å²) in [6, 6.07) is 5.32. The molecular formula is C13H20N4O. The Morgan fingerprint density at radius 2 is 2.11 bits per heavy atom. The van der Waals surface area contributed by atoms with Crippen LogP contribution in [-0.4, -0.2) is 36.7 Å². The molecule has 1 heterocycles. The van der Waals surface area contributed by atoms with Crippen molar-refractivity contribution in [2.45, 2.75) is 6.42 Å². The van der Waals surface area contributed by atoms with Gasteiger partial charge in [0.15, 0.2) is 0 Å². The van der Waals surface area contributed by atoms with Crippen LogP contribution in [0.25, 0.3) is 0 Å². The van der Waals surface area contributed by atoms with Crippen LogP contribution in [0.4, 0.5) is 11.4 Å². The van der Waals surface area contributed by atoms with Crippen molar-refractivity contribution in [2.24, 2.45) is 0 Å². The number of nitrogen functional groups attached to an aromatic ring is 2. The van der Waals surface area contributed by atoms with Crippen LogP contribution in [0, 0.1) is 0 Å². The van der Waals surface area contributed by atoms with Crippen LogP contribution >= 0.6 is 0 Å². The van der Waals surface area contributed by atoms with E-state index >= 15 is 0 Å². The van der Waals surface area contributed by atoms with E-state index in [0.29, 0.717) is 23.7 Å². The first-order chi connectivity index (χ1) is 8.65. The fourth-order valence-corrected chi connectivity index (χ4v) is 1.88. The zero-order valence-corrected chi connectivity index (χ0v) is 10.7. The summed E-state index contributed by atoms with van der Waals surface area (Å²) < 4.78 is 5.63. The molecule has 0 atom stereocenters. The van der Waals surface area contributed by atoms with Gasteiger partial charge in [0.25, 0.3) is 0 Å². The van der Waals surface area contributed by atoms with Crippen LogP contribution in [0.1, 0.15) is 6.42 Å². The van der Waals surface area contributed by atoms with E-state index in [1.807, 2.05) is 6.07 Å². The molecule has 2 rings (SSSR count). The Labute approximate surface area is 108 Å². The second-order valence-corrected chi connectivity index (χ2v) is 4.51. The molecule has 0 saturated carbocycles. The van der Waals surface area contributed by atoms with Gasteiger partial charge < -0.3 is 26.0 Å². The molecule has 0 radical (unpaired) electrons. The van der Waals surface area contributed by atoms with Crippen LogP contribution in [0.5, 0.6) is 5.75 Å². The van der Waals surface area contributed by atoms with E-state index in [-0.39, 0.29) is 0 Å². The number of anilines is 2. The van der Waals surface area contributed by atoms with Crippen molar-refractivity contribution < 1.29 is 4.74 Å². The molecular weight excluding hydrogens is 228 g/mol. The number of hydrogen-bond donors (Lipinski definition) is 2. The van der Waals surface area contributed by atoms with Crippen molar-refractivity contribution >= 4 is 11.4 Å². The van der Waals surface area contributed by atoms with E-state index in [2.05, 4.69) is 29.2 Å². The fraction of sp³-hybridized carbons (Fsp3) is 0.385. The minimum absolute atomic E-state index is 0.593. The van der Waals surface area contributed by atoms with Crippen molar-refractivity contribution in [1.82, 2.24) is 9.80 Å². The molecule has 98 valence electrons. The highest BCUT2D eigenvalue weighted by atomic mass is 16.5. The van der Waals surface area contributed by atoms with Crippen LogP contribution in [0.3, 0.4) is 0 Å². The highest BCUT2D eigenvalue weighted by Crippen LogP contribution is 2.23. The summed E-state index contributed by atoms with van der Waals surface area (Å²) in [5.74, 6) is 0.707. The number of ether oxygens (including phenoxy) is 1. The van der Waals surface area contributed by atoms with Crippen LogP contribution < -0.4 is 16.2 Å². The summed E-state index contributed by atoms with van der Waals surface area (Å²) in [6.45, 7) is 2.59. The van der Waals surface area contributed by atoms with Gasteiger partial charge in [-0.2, -0.15) is 0 Å². The number of benzene rings is 1. The van der Waals surface area contributed by atoms with Crippen molar-refractivity contribution in [2.75, 3.05) is 38.3 Å². The van der Waals surface area contributed by atoms with Gasteiger partial charge in [0, 0.05) is 31.7 Å². The van der Waals surface area contributed by atoms with Gasteiger partial charge in [0.1, 0.15) is 5.75 Å². The van der Waals surface area contributed by atoms with Gasteiger partial charge in [-0.3, -0.25) is 0 Å². The maximum Gasteiger partial charge on any atom is 0.142 e. The van der Waals surface area contributed by atoms with E-state index in [9.17, 15) is 0 Å². The molecule has 5 nitrogen and oxygen atoms in total. The third-order valence-corrected chi connectivity index (χ3v) is 2.82. The van der Waals surface area contributed by atoms with Gasteiger partial charge in [-0.25, -0.2) is 0 Å². The number of hydrogen-bond acceptors (Lipinski definition) is 5. The molecule has 0 unspecified atom stereocenters. The standard InChI is InChI=1S/C13H20N4O/c1-16-6-7-17(10-16)5-2-8-18-13-4-3-11(14)9-12(13)15/h3-4,6-7,9H,2,5,8,10,14-15H2,1H3. The minimum Gasteiger partial charge on any atom is -0.491 e. The van der Waals surface area contributed by atoms with Gasteiger partial charge in [-0.15, -0.1) is 0 Å². The Bertz CT molecular complexity index is 433. The highest BCUT2D eigenvalue weighted by molar-refractivity contribution is 5.60. The third kappa shape index (κ3) is 3.23. The van der Waals surface area contributed by atoms with Crippen LogP contribution in [-0.2, 0) is 0 Å². The molecule has 1 aromatic rings. The topological polar surface area (TPSA) is 67.8 Å². The summed E-state index contributed by atoms with van der Waals surface area (Å²) in [5.41, 5.74) is 12.7. The Morgan fingerprint density at radius 1 is 1.28 bits per heavy atom. The predicted octanol–water partition coefficient (Wildman–Crippen LogP) is 1.30. The summed E-state index contributed by atoms with van der Waals surface area (Å²) in [5, 5.41) is 0. The number of rotatable bonds is 5. The average Bonchev–Trinajstić information content (AvgIpc) is 2.73. The van der Waals surface area contributed by atoms with E-state index < -0.39 is 0 Å². The largest absolute Gasteiger partial charge is 0.491 e. The van der Waals surface area contributed by atoms with Crippen molar-refractivity contribution in [3.8, 4) is 5.75 Å². The van der Waals surface area contributed by atoms with Gasteiger partial charge in [0.05, 0.1) is 19.0 Å². The third-order valence-electron chi connectivity index (χ3n) is 2.82. The number of nitrogens with zero attached hydrogens (tertiary/aromatic N) is 2. The molecule has 0 amide bonds. The predicted molar refractivity (Wildman–Crippen MR) is 73.9 cm³/mol. The summed E-state index contributed by atoms with van der Waals surface area (Å²) in [4.78, 5) is 4.38. The van der Waals surface area contributed by atoms with Gasteiger partial charge >= 0.3 is 0 Å². The zero-order valence-electron chi connectivity index (χ0n) is 10.7. The van der Waals surface area contributed by atoms with Crippen molar-refractivity contribution in [1.29, 1.82) is 0 Å². The molecule has 0 aliphatic carbocycles. The molecule has 0 saturated heterocycles. The van der Waals surface area contributed by atoms with E-state index in [1.54, 1.807) is 12.1 Å². The minimum atomic E-state index is 0.593. The lowest BCUT2D eigenvalue weighted by Gasteiger charge is -2.18. The average molecular weight is 248 g/mol. The van der Waals surface area contributed by atoms with Gasteiger partial charge in [-0.05, 0) is 24.6 Å². The molecule has 0 spiro atoms. The van der Waals surface area contributed by atoms with Crippen molar-refractivity contribution in [3.63, 3.8) is 0 Å². The van der Waals surface area contributed by atoms with Crippen molar-refractivity contribution in [3.05, 3.63) is 30.6 Å². The summed E-state index contributed by atoms with van der Waals surface area (Å²) in [6.07, 6.45) is 5.12. The molecule has 1 aromatic carbocycles. The highest BCUT2D eigenvalue weighted by Gasteiger charge is 2.07. The molecule has 5 heteroatoms. The van der Waals surface area contributed by atoms with Crippen LogP contribution in [0.15, 0.2) is 30.6 Å². The van der Waals surface area contributed by atoms with E-state index in [1.165, 1.54) is 0 Å². The second kappa shape index (κ2) is 5.53. The molecule has 18 heavy (non-hydrogen) atoms. The summed E-state index contributed by atoms with van der Waals surface area (Å²) in [7, 11) is 2.06. The first-order valence-corrected chi connectivity index (χ1v) is 6.05. The Morgan fingerprint density at radius 3 is 2.78 bits per heavy atom. The first-order valence-electron chi connectivity index (χ1n) is 6.05. The molecule has 0 fully saturated rings. The maximum absolute atomic E-state index is 5.81. The molecule has 1 aliphatic heterocycles. The SMILES string of the molecule is CN1C=CN(CCCOc2ccc(N)cc2N)C1. The maximum atomic E-state index is 5.81. The molecule has 4 N–H and O–H groups in total. The normalized spacial score (nSPS) is 14.3. The van der Waals surface area contributed by atoms with E-state index in [0.717, 1.165) is 19.6 Å². The lowest BCUT2D eigenvalue weighted by Crippen LogP contribution is -2.24. The monoisotopic (exact) mass is 248 g/mol. The molecule has 1 aliphatic rings. The molecule has 0 bridgehead atoms. The quantitative estimate of drug-likeness (QED) is 0.607. The zero-order chi connectivity index (χ0) is 13.0. The summed E-state index contributed by atoms with van der Waals surface area (Å²) >= 11 is 0. The lowest BCUT2D eigenvalue weighted by molar-refractivity contribution is 0.254. The Kier molecular flexibility index (Phi) is 3.82. The lowest BCUT2D eigenvalue weighted by atomic mass is 10.2. The Balaban J connectivity index is 1.70. The van der Waals surface area contributed by atoms with Gasteiger partial charge in [0.2, 0.25) is 0 Å². The fourth-order valence-electron chi connectivity index (χ4n) is 1.88. The van der Waals surface area contributed by atoms with E-state index in [4.69, 9.17) is 16.2 Å². The second-order valence-electron chi connectivity index (χ2n) is 4.51. The smallest absolute Gasteiger partial charge is 0.142 e. The molecule has 0 aromatic heterocycles. The van der Waals surface area contributed by atoms with Gasteiger partial charge in [-0.1, -0.05) is 0 Å².